The molecule has 2 aromatic rings. The van der Waals surface area contributed by atoms with Crippen LogP contribution in [-0.2, 0) is 19.6 Å². The first-order valence-corrected chi connectivity index (χ1v) is 11.3. The molecular weight excluding hydrogens is 488 g/mol. The normalized spacial score (nSPS) is 11.5. The van der Waals surface area contributed by atoms with Crippen molar-refractivity contribution >= 4 is 34.0 Å². The van der Waals surface area contributed by atoms with Gasteiger partial charge in [-0.05, 0) is 55.0 Å². The molecule has 0 bridgehead atoms. The molecule has 14 heteroatoms. The molecule has 0 saturated carbocycles. The van der Waals surface area contributed by atoms with Crippen LogP contribution in [0, 0.1) is 11.6 Å². The summed E-state index contributed by atoms with van der Waals surface area (Å²) >= 11 is 0. The van der Waals surface area contributed by atoms with Gasteiger partial charge in [0.1, 0.15) is 5.75 Å². The Bertz CT molecular complexity index is 1240. The third kappa shape index (κ3) is 8.04. The van der Waals surface area contributed by atoms with Crippen LogP contribution in [0.5, 0.6) is 11.5 Å². The summed E-state index contributed by atoms with van der Waals surface area (Å²) in [6.07, 6.45) is 1.18. The van der Waals surface area contributed by atoms with Gasteiger partial charge in [-0.2, -0.15) is 4.99 Å². The third-order valence-electron chi connectivity index (χ3n) is 4.14. The molecule has 0 aliphatic rings. The maximum atomic E-state index is 14.5. The number of benzene rings is 2. The Kier molecular flexibility index (Phi) is 9.25. The first kappa shape index (κ1) is 27.2. The van der Waals surface area contributed by atoms with Crippen molar-refractivity contribution < 1.29 is 36.3 Å². The second-order valence-electron chi connectivity index (χ2n) is 6.91. The molecule has 0 aliphatic heterocycles. The van der Waals surface area contributed by atoms with Gasteiger partial charge in [0.05, 0.1) is 11.5 Å². The van der Waals surface area contributed by atoms with Gasteiger partial charge in [0, 0.05) is 19.2 Å². The number of sulfonamides is 1. The van der Waals surface area contributed by atoms with Crippen LogP contribution in [0.25, 0.3) is 6.08 Å². The van der Waals surface area contributed by atoms with Crippen LogP contribution in [0.15, 0.2) is 51.9 Å². The number of nitrogens with one attached hydrogen (secondary N) is 2. The lowest BCUT2D eigenvalue weighted by Gasteiger charge is -2.11. The minimum atomic E-state index is -4.20. The zero-order chi connectivity index (χ0) is 26.2. The minimum absolute atomic E-state index is 0.0142. The number of nitrogens with zero attached hydrogens (tertiary/aromatic N) is 1. The Morgan fingerprint density at radius 3 is 2.26 bits per heavy atom. The van der Waals surface area contributed by atoms with Gasteiger partial charge < -0.3 is 26.3 Å². The first-order valence-electron chi connectivity index (χ1n) is 9.81. The Hall–Kier alpha value is -4.04. The number of nitrogens with two attached hydrogens (primary N) is 2. The number of urea groups is 1. The average molecular weight is 512 g/mol. The molecule has 0 fully saturated rings. The van der Waals surface area contributed by atoms with Crippen molar-refractivity contribution in [1.29, 1.82) is 0 Å². The van der Waals surface area contributed by atoms with Gasteiger partial charge in [0.25, 0.3) is 15.9 Å². The van der Waals surface area contributed by atoms with Crippen molar-refractivity contribution in [1.82, 2.24) is 10.0 Å². The fourth-order valence-electron chi connectivity index (χ4n) is 2.57. The highest BCUT2D eigenvalue weighted by Crippen LogP contribution is 2.30. The molecule has 0 aliphatic carbocycles. The summed E-state index contributed by atoms with van der Waals surface area (Å²) in [7, 11) is -2.78. The van der Waals surface area contributed by atoms with Crippen LogP contribution < -0.4 is 26.2 Å². The molecule has 0 unspecified atom stereocenters. The number of amides is 3. The van der Waals surface area contributed by atoms with Crippen molar-refractivity contribution in [2.75, 3.05) is 20.3 Å². The Balaban J connectivity index is 2.16. The number of rotatable bonds is 9. The van der Waals surface area contributed by atoms with Gasteiger partial charge in [-0.15, -0.1) is 0 Å². The second kappa shape index (κ2) is 11.9. The summed E-state index contributed by atoms with van der Waals surface area (Å²) in [6.45, 7) is 1.66. The molecule has 2 aromatic carbocycles. The van der Waals surface area contributed by atoms with Crippen LogP contribution in [-0.4, -0.2) is 46.6 Å². The molecule has 0 atom stereocenters. The van der Waals surface area contributed by atoms with Crippen LogP contribution in [0.3, 0.4) is 0 Å². The molecule has 0 aromatic heterocycles. The fraction of sp³-hybridized carbons (Fsp3) is 0.190. The highest BCUT2D eigenvalue weighted by molar-refractivity contribution is 7.90. The lowest BCUT2D eigenvalue weighted by atomic mass is 10.1. The topological polar surface area (TPSA) is 175 Å². The number of hydrogen-bond acceptors (Lipinski definition) is 6. The summed E-state index contributed by atoms with van der Waals surface area (Å²) in [5.74, 6) is -4.21. The molecule has 0 radical (unpaired) electrons. The monoisotopic (exact) mass is 511 g/mol. The predicted octanol–water partition coefficient (Wildman–Crippen LogP) is 1.59. The van der Waals surface area contributed by atoms with Crippen LogP contribution in [0.1, 0.15) is 12.5 Å². The number of halogens is 2. The van der Waals surface area contributed by atoms with Gasteiger partial charge in [-0.25, -0.2) is 26.7 Å². The Morgan fingerprint density at radius 1 is 1.11 bits per heavy atom. The highest BCUT2D eigenvalue weighted by Gasteiger charge is 2.19. The van der Waals surface area contributed by atoms with Crippen molar-refractivity contribution in [3.8, 4) is 11.5 Å². The number of aliphatic imine (C=N–C) groups is 1. The lowest BCUT2D eigenvalue weighted by molar-refractivity contribution is -0.114. The molecule has 0 saturated heterocycles. The molecule has 6 N–H and O–H groups in total. The van der Waals surface area contributed by atoms with Gasteiger partial charge in [-0.3, -0.25) is 4.79 Å². The average Bonchev–Trinajstić information content (AvgIpc) is 2.76. The van der Waals surface area contributed by atoms with E-state index < -0.39 is 45.3 Å². The van der Waals surface area contributed by atoms with Crippen LogP contribution >= 0.6 is 0 Å². The number of carbonyl (C=O) groups excluding carboxylic acids is 2. The summed E-state index contributed by atoms with van der Waals surface area (Å²) < 4.78 is 65.3. The van der Waals surface area contributed by atoms with E-state index in [1.165, 1.54) is 20.1 Å². The second-order valence-corrected chi connectivity index (χ2v) is 8.59. The van der Waals surface area contributed by atoms with E-state index in [-0.39, 0.29) is 34.9 Å². The Labute approximate surface area is 199 Å². The van der Waals surface area contributed by atoms with Gasteiger partial charge in [-0.1, -0.05) is 0 Å². The maximum absolute atomic E-state index is 14.5. The summed E-state index contributed by atoms with van der Waals surface area (Å²) in [5.41, 5.74) is 10.3. The largest absolute Gasteiger partial charge is 0.451 e. The number of methoxy groups -OCH3 is 1. The van der Waals surface area contributed by atoms with E-state index in [0.29, 0.717) is 0 Å². The first-order chi connectivity index (χ1) is 16.4. The predicted molar refractivity (Wildman–Crippen MR) is 123 cm³/mol. The Morgan fingerprint density at radius 2 is 1.71 bits per heavy atom. The van der Waals surface area contributed by atoms with Crippen LogP contribution in [0.4, 0.5) is 13.6 Å². The maximum Gasteiger partial charge on any atom is 0.328 e. The molecule has 0 heterocycles. The zero-order valence-corrected chi connectivity index (χ0v) is 19.5. The van der Waals surface area contributed by atoms with Crippen LogP contribution in [0.2, 0.25) is 0 Å². The van der Waals surface area contributed by atoms with E-state index in [1.54, 1.807) is 0 Å². The van der Waals surface area contributed by atoms with Crippen molar-refractivity contribution in [2.45, 2.75) is 11.8 Å². The van der Waals surface area contributed by atoms with E-state index in [9.17, 15) is 26.8 Å². The SMILES string of the molecule is COCCNC(=O)NS(=O)(=O)c1ccc(Oc2c(F)cc(/C=C(\C)C(=O)N=C(N)N)cc2F)cc1. The zero-order valence-electron chi connectivity index (χ0n) is 18.7. The van der Waals surface area contributed by atoms with E-state index in [0.717, 1.165) is 36.4 Å². The number of carbonyl (C=O) groups is 2. The summed E-state index contributed by atoms with van der Waals surface area (Å²) in [5, 5.41) is 2.29. The number of ether oxygens (including phenoxy) is 2. The fourth-order valence-corrected chi connectivity index (χ4v) is 3.49. The third-order valence-corrected chi connectivity index (χ3v) is 5.49. The summed E-state index contributed by atoms with van der Waals surface area (Å²) in [6, 6.07) is 5.39. The number of hydrogen-bond donors (Lipinski definition) is 4. The van der Waals surface area contributed by atoms with E-state index in [2.05, 4.69) is 10.3 Å². The summed E-state index contributed by atoms with van der Waals surface area (Å²) in [4.78, 5) is 26.5. The van der Waals surface area contributed by atoms with E-state index in [4.69, 9.17) is 20.9 Å². The standard InChI is InChI=1S/C21H23F2N5O6S/c1-12(19(29)27-20(24)25)9-13-10-16(22)18(17(23)11-13)34-14-3-5-15(6-4-14)35(31,32)28-21(30)26-7-8-33-2/h3-6,9-11H,7-8H2,1-2H3,(H2,26,28,30)(H4,24,25,27,29)/b12-9+. The molecule has 3 amide bonds. The van der Waals surface area contributed by atoms with Crippen molar-refractivity contribution in [3.63, 3.8) is 0 Å². The molecule has 2 rings (SSSR count). The highest BCUT2D eigenvalue weighted by atomic mass is 32.2. The van der Waals surface area contributed by atoms with Gasteiger partial charge in [0.15, 0.2) is 23.3 Å². The van der Waals surface area contributed by atoms with Crippen molar-refractivity contribution in [2.24, 2.45) is 16.5 Å². The van der Waals surface area contributed by atoms with Gasteiger partial charge >= 0.3 is 6.03 Å². The minimum Gasteiger partial charge on any atom is -0.451 e. The molecule has 35 heavy (non-hydrogen) atoms. The molecule has 11 nitrogen and oxygen atoms in total. The molecule has 188 valence electrons. The quantitative estimate of drug-likeness (QED) is 0.170. The van der Waals surface area contributed by atoms with E-state index in [1.807, 2.05) is 4.72 Å². The smallest absolute Gasteiger partial charge is 0.328 e. The molecule has 0 spiro atoms. The van der Waals surface area contributed by atoms with Crippen molar-refractivity contribution in [3.05, 3.63) is 59.2 Å². The van der Waals surface area contributed by atoms with E-state index >= 15 is 0 Å². The lowest BCUT2D eigenvalue weighted by Crippen LogP contribution is -2.40. The molecular formula is C21H23F2N5O6S. The number of guanidine groups is 1. The van der Waals surface area contributed by atoms with Gasteiger partial charge in [0.2, 0.25) is 0 Å².